The molecular formula is C19H19Br. The Morgan fingerprint density at radius 2 is 1.75 bits per heavy atom. The van der Waals surface area contributed by atoms with Crippen LogP contribution in [0.2, 0.25) is 0 Å². The van der Waals surface area contributed by atoms with Crippen LogP contribution in [0.15, 0.2) is 46.9 Å². The number of hydrogen-bond donors (Lipinski definition) is 0. The molecule has 102 valence electrons. The molecule has 0 unspecified atom stereocenters. The predicted molar refractivity (Wildman–Crippen MR) is 89.9 cm³/mol. The summed E-state index contributed by atoms with van der Waals surface area (Å²) in [6.45, 7) is 4.31. The molecule has 0 saturated carbocycles. The van der Waals surface area contributed by atoms with Crippen LogP contribution in [0.5, 0.6) is 0 Å². The first kappa shape index (κ1) is 14.9. The number of rotatable bonds is 3. The molecule has 0 spiro atoms. The van der Waals surface area contributed by atoms with Crippen molar-refractivity contribution in [2.45, 2.75) is 33.1 Å². The first-order valence-electron chi connectivity index (χ1n) is 7.06. The van der Waals surface area contributed by atoms with Crippen LogP contribution in [0.4, 0.5) is 0 Å². The number of hydrogen-bond acceptors (Lipinski definition) is 0. The van der Waals surface area contributed by atoms with Crippen LogP contribution < -0.4 is 0 Å². The summed E-state index contributed by atoms with van der Waals surface area (Å²) in [6.07, 6.45) is 3.66. The van der Waals surface area contributed by atoms with Gasteiger partial charge in [-0.3, -0.25) is 0 Å². The molecule has 2 aromatic carbocycles. The average molecular weight is 327 g/mol. The quantitative estimate of drug-likeness (QED) is 0.653. The van der Waals surface area contributed by atoms with Crippen LogP contribution in [-0.2, 0) is 6.42 Å². The standard InChI is InChI=1S/C19H19Br/c1-3-4-5-16-6-8-17(9-7-16)10-11-18-12-13-19(20)14-15(18)2/h6-9,12-14H,3-5H2,1-2H3. The number of unbranched alkanes of at least 4 members (excludes halogenated alkanes) is 1. The Labute approximate surface area is 130 Å². The number of benzene rings is 2. The second kappa shape index (κ2) is 7.31. The summed E-state index contributed by atoms with van der Waals surface area (Å²) in [7, 11) is 0. The van der Waals surface area contributed by atoms with Crippen molar-refractivity contribution in [3.63, 3.8) is 0 Å². The fourth-order valence-corrected chi connectivity index (χ4v) is 2.52. The highest BCUT2D eigenvalue weighted by Gasteiger charge is 1.96. The van der Waals surface area contributed by atoms with Crippen molar-refractivity contribution >= 4 is 15.9 Å². The fourth-order valence-electron chi connectivity index (χ4n) is 2.04. The number of halogens is 1. The van der Waals surface area contributed by atoms with E-state index in [2.05, 4.69) is 78.0 Å². The molecule has 0 N–H and O–H groups in total. The lowest BCUT2D eigenvalue weighted by molar-refractivity contribution is 0.795. The van der Waals surface area contributed by atoms with E-state index in [0.29, 0.717) is 0 Å². The minimum Gasteiger partial charge on any atom is -0.0654 e. The Morgan fingerprint density at radius 1 is 1.00 bits per heavy atom. The van der Waals surface area contributed by atoms with E-state index in [0.717, 1.165) is 22.0 Å². The van der Waals surface area contributed by atoms with Gasteiger partial charge in [-0.25, -0.2) is 0 Å². The van der Waals surface area contributed by atoms with Crippen LogP contribution in [-0.4, -0.2) is 0 Å². The molecule has 2 aromatic rings. The van der Waals surface area contributed by atoms with Gasteiger partial charge in [-0.2, -0.15) is 0 Å². The van der Waals surface area contributed by atoms with E-state index in [1.165, 1.54) is 24.0 Å². The monoisotopic (exact) mass is 326 g/mol. The van der Waals surface area contributed by atoms with Crippen LogP contribution >= 0.6 is 15.9 Å². The van der Waals surface area contributed by atoms with Crippen LogP contribution in [0, 0.1) is 18.8 Å². The van der Waals surface area contributed by atoms with Gasteiger partial charge in [0.1, 0.15) is 0 Å². The lowest BCUT2D eigenvalue weighted by atomic mass is 10.1. The van der Waals surface area contributed by atoms with E-state index in [9.17, 15) is 0 Å². The van der Waals surface area contributed by atoms with Gasteiger partial charge in [-0.15, -0.1) is 0 Å². The van der Waals surface area contributed by atoms with E-state index >= 15 is 0 Å². The minimum absolute atomic E-state index is 1.08. The normalized spacial score (nSPS) is 9.95. The molecule has 0 nitrogen and oxygen atoms in total. The van der Waals surface area contributed by atoms with Crippen molar-refractivity contribution in [1.29, 1.82) is 0 Å². The van der Waals surface area contributed by atoms with Crippen molar-refractivity contribution in [3.05, 3.63) is 69.2 Å². The molecule has 0 bridgehead atoms. The van der Waals surface area contributed by atoms with Gasteiger partial charge in [0.05, 0.1) is 0 Å². The Bertz CT molecular complexity index is 627. The summed E-state index contributed by atoms with van der Waals surface area (Å²) in [5.74, 6) is 6.49. The summed E-state index contributed by atoms with van der Waals surface area (Å²) >= 11 is 3.47. The zero-order valence-corrected chi connectivity index (χ0v) is 13.6. The topological polar surface area (TPSA) is 0 Å². The summed E-state index contributed by atoms with van der Waals surface area (Å²) < 4.78 is 1.10. The molecule has 0 amide bonds. The van der Waals surface area contributed by atoms with Crippen LogP contribution in [0.1, 0.15) is 42.0 Å². The van der Waals surface area contributed by atoms with Gasteiger partial charge >= 0.3 is 0 Å². The van der Waals surface area contributed by atoms with Crippen molar-refractivity contribution in [3.8, 4) is 11.8 Å². The third-order valence-electron chi connectivity index (χ3n) is 3.30. The molecule has 0 aliphatic heterocycles. The maximum atomic E-state index is 3.47. The molecule has 2 rings (SSSR count). The lowest BCUT2D eigenvalue weighted by Gasteiger charge is -2.00. The van der Waals surface area contributed by atoms with Crippen molar-refractivity contribution in [1.82, 2.24) is 0 Å². The van der Waals surface area contributed by atoms with Gasteiger partial charge in [0.15, 0.2) is 0 Å². The molecule has 0 aliphatic carbocycles. The van der Waals surface area contributed by atoms with Gasteiger partial charge in [-0.1, -0.05) is 53.2 Å². The molecule has 0 fully saturated rings. The highest BCUT2D eigenvalue weighted by molar-refractivity contribution is 9.10. The van der Waals surface area contributed by atoms with Gasteiger partial charge in [-0.05, 0) is 61.2 Å². The molecule has 0 aliphatic rings. The van der Waals surface area contributed by atoms with Gasteiger partial charge in [0, 0.05) is 15.6 Å². The van der Waals surface area contributed by atoms with Crippen molar-refractivity contribution in [2.24, 2.45) is 0 Å². The SMILES string of the molecule is CCCCc1ccc(C#Cc2ccc(Br)cc2C)cc1. The van der Waals surface area contributed by atoms with E-state index in [4.69, 9.17) is 0 Å². The van der Waals surface area contributed by atoms with Gasteiger partial charge < -0.3 is 0 Å². The van der Waals surface area contributed by atoms with E-state index in [1.807, 2.05) is 6.07 Å². The molecule has 0 radical (unpaired) electrons. The maximum Gasteiger partial charge on any atom is 0.0279 e. The zero-order chi connectivity index (χ0) is 14.4. The molecule has 0 atom stereocenters. The maximum absolute atomic E-state index is 3.47. The summed E-state index contributed by atoms with van der Waals surface area (Å²) in [4.78, 5) is 0. The second-order valence-electron chi connectivity index (χ2n) is 5.01. The smallest absolute Gasteiger partial charge is 0.0279 e. The first-order chi connectivity index (χ1) is 9.69. The molecular weight excluding hydrogens is 308 g/mol. The van der Waals surface area contributed by atoms with Crippen LogP contribution in [0.3, 0.4) is 0 Å². The molecule has 0 heterocycles. The van der Waals surface area contributed by atoms with Crippen LogP contribution in [0.25, 0.3) is 0 Å². The third kappa shape index (κ3) is 4.25. The fraction of sp³-hybridized carbons (Fsp3) is 0.263. The Hall–Kier alpha value is -1.52. The summed E-state index contributed by atoms with van der Waals surface area (Å²) in [5, 5.41) is 0. The van der Waals surface area contributed by atoms with Gasteiger partial charge in [0.2, 0.25) is 0 Å². The van der Waals surface area contributed by atoms with E-state index in [-0.39, 0.29) is 0 Å². The molecule has 0 aromatic heterocycles. The first-order valence-corrected chi connectivity index (χ1v) is 7.85. The molecule has 0 saturated heterocycles. The largest absolute Gasteiger partial charge is 0.0654 e. The third-order valence-corrected chi connectivity index (χ3v) is 3.80. The van der Waals surface area contributed by atoms with E-state index < -0.39 is 0 Å². The zero-order valence-electron chi connectivity index (χ0n) is 12.0. The lowest BCUT2D eigenvalue weighted by Crippen LogP contribution is -1.85. The highest BCUT2D eigenvalue weighted by Crippen LogP contribution is 2.15. The van der Waals surface area contributed by atoms with Crippen molar-refractivity contribution in [2.75, 3.05) is 0 Å². The predicted octanol–water partition coefficient (Wildman–Crippen LogP) is 5.50. The van der Waals surface area contributed by atoms with Gasteiger partial charge in [0.25, 0.3) is 0 Å². The highest BCUT2D eigenvalue weighted by atomic mass is 79.9. The van der Waals surface area contributed by atoms with E-state index in [1.54, 1.807) is 0 Å². The average Bonchev–Trinajstić information content (AvgIpc) is 2.45. The summed E-state index contributed by atoms with van der Waals surface area (Å²) in [6, 6.07) is 14.8. The van der Waals surface area contributed by atoms with Crippen molar-refractivity contribution < 1.29 is 0 Å². The minimum atomic E-state index is 1.08. The Balaban J connectivity index is 2.12. The Kier molecular flexibility index (Phi) is 5.44. The second-order valence-corrected chi connectivity index (χ2v) is 5.93. The summed E-state index contributed by atoms with van der Waals surface area (Å²) in [5.41, 5.74) is 4.76. The Morgan fingerprint density at radius 3 is 2.40 bits per heavy atom. The molecule has 1 heteroatoms. The molecule has 20 heavy (non-hydrogen) atoms. The number of aryl methyl sites for hydroxylation is 2.